The maximum Gasteiger partial charge on any atom is 0.335 e. The number of ether oxygens (including phenoxy) is 1. The summed E-state index contributed by atoms with van der Waals surface area (Å²) < 4.78 is 22.2. The van der Waals surface area contributed by atoms with Crippen LogP contribution in [0.3, 0.4) is 0 Å². The van der Waals surface area contributed by atoms with Crippen LogP contribution in [0.5, 0.6) is 5.75 Å². The van der Waals surface area contributed by atoms with E-state index in [2.05, 4.69) is 0 Å². The summed E-state index contributed by atoms with van der Waals surface area (Å²) >= 11 is 0. The van der Waals surface area contributed by atoms with E-state index in [1.54, 1.807) is 43.3 Å². The molecule has 1 aromatic heterocycles. The summed E-state index contributed by atoms with van der Waals surface area (Å²) in [6.07, 6.45) is 0.376. The first-order chi connectivity index (χ1) is 19.3. The highest BCUT2D eigenvalue weighted by Gasteiger charge is 2.35. The first-order valence-electron chi connectivity index (χ1n) is 13.0. The molecule has 5 aromatic rings. The first-order valence-corrected chi connectivity index (χ1v) is 13.0. The maximum atomic E-state index is 13.9. The Morgan fingerprint density at radius 1 is 0.850 bits per heavy atom. The van der Waals surface area contributed by atoms with Gasteiger partial charge in [-0.3, -0.25) is 0 Å². The molecule has 0 bridgehead atoms. The Bertz CT molecular complexity index is 1620. The number of carbonyl (C=O) groups is 1. The molecule has 0 spiro atoms. The van der Waals surface area contributed by atoms with Gasteiger partial charge in [0.15, 0.2) is 0 Å². The predicted octanol–water partition coefficient (Wildman–Crippen LogP) is 5.88. The van der Waals surface area contributed by atoms with Crippen molar-refractivity contribution in [2.24, 2.45) is 0 Å². The Kier molecular flexibility index (Phi) is 7.69. The van der Waals surface area contributed by atoms with Crippen molar-refractivity contribution in [2.45, 2.75) is 25.4 Å². The average Bonchev–Trinajstić information content (AvgIpc) is 3.32. The molecule has 0 amide bonds. The molecular weight excluding hydrogens is 509 g/mol. The number of aliphatic hydroxyl groups is 2. The zero-order valence-electron chi connectivity index (χ0n) is 22.0. The van der Waals surface area contributed by atoms with Gasteiger partial charge in [-0.1, -0.05) is 48.5 Å². The Labute approximate surface area is 231 Å². The van der Waals surface area contributed by atoms with E-state index in [1.165, 1.54) is 12.1 Å². The minimum atomic E-state index is -1.07. The summed E-state index contributed by atoms with van der Waals surface area (Å²) in [6, 6.07) is 28.2. The highest BCUT2D eigenvalue weighted by molar-refractivity contribution is 5.93. The highest BCUT2D eigenvalue weighted by Crippen LogP contribution is 2.42. The second-order valence-electron chi connectivity index (χ2n) is 10.1. The standard InChI is InChI=1S/C33H30FNO5/c1-33(20-36,21-37)31-27(18-22-10-12-24(13-11-22)32(38)39)30-28(35(31)26-16-14-25(34)15-17-26)8-5-9-29(30)40-19-23-6-3-2-4-7-23/h2-17,36-37H,18-21H2,1H3,(H,38,39). The van der Waals surface area contributed by atoms with Gasteiger partial charge in [0.2, 0.25) is 0 Å². The van der Waals surface area contributed by atoms with Crippen LogP contribution in [0.25, 0.3) is 16.6 Å². The molecule has 6 nitrogen and oxygen atoms in total. The molecule has 5 rings (SSSR count). The van der Waals surface area contributed by atoms with Crippen LogP contribution in [0.2, 0.25) is 0 Å². The summed E-state index contributed by atoms with van der Waals surface area (Å²) in [4.78, 5) is 11.4. The van der Waals surface area contributed by atoms with Crippen LogP contribution in [0.1, 0.15) is 39.7 Å². The van der Waals surface area contributed by atoms with Gasteiger partial charge < -0.3 is 24.6 Å². The molecule has 0 saturated carbocycles. The van der Waals surface area contributed by atoms with Crippen molar-refractivity contribution in [1.82, 2.24) is 4.57 Å². The zero-order valence-corrected chi connectivity index (χ0v) is 22.0. The lowest BCUT2D eigenvalue weighted by Gasteiger charge is -2.29. The van der Waals surface area contributed by atoms with Gasteiger partial charge in [0, 0.05) is 23.2 Å². The Balaban J connectivity index is 1.77. The second-order valence-corrected chi connectivity index (χ2v) is 10.1. The van der Waals surface area contributed by atoms with Crippen LogP contribution < -0.4 is 4.74 Å². The molecule has 0 aliphatic heterocycles. The lowest BCUT2D eigenvalue weighted by molar-refractivity contribution is 0.0697. The van der Waals surface area contributed by atoms with Gasteiger partial charge in [-0.2, -0.15) is 0 Å². The van der Waals surface area contributed by atoms with Crippen molar-refractivity contribution in [2.75, 3.05) is 13.2 Å². The molecule has 0 atom stereocenters. The van der Waals surface area contributed by atoms with E-state index in [0.29, 0.717) is 30.2 Å². The molecule has 4 aromatic carbocycles. The van der Waals surface area contributed by atoms with Crippen LogP contribution in [0.4, 0.5) is 4.39 Å². The minimum absolute atomic E-state index is 0.181. The second kappa shape index (κ2) is 11.3. The molecular formula is C33H30FNO5. The molecule has 40 heavy (non-hydrogen) atoms. The largest absolute Gasteiger partial charge is 0.488 e. The van der Waals surface area contributed by atoms with E-state index in [1.807, 2.05) is 53.1 Å². The molecule has 3 N–H and O–H groups in total. The lowest BCUT2D eigenvalue weighted by Crippen LogP contribution is -2.34. The first kappa shape index (κ1) is 27.1. The van der Waals surface area contributed by atoms with Gasteiger partial charge >= 0.3 is 5.97 Å². The van der Waals surface area contributed by atoms with Gasteiger partial charge in [-0.05, 0) is 72.1 Å². The molecule has 0 unspecified atom stereocenters. The van der Waals surface area contributed by atoms with Crippen molar-refractivity contribution in [3.63, 3.8) is 0 Å². The zero-order chi connectivity index (χ0) is 28.3. The number of nitrogens with zero attached hydrogens (tertiary/aromatic N) is 1. The third-order valence-electron chi connectivity index (χ3n) is 7.23. The monoisotopic (exact) mass is 539 g/mol. The normalized spacial score (nSPS) is 11.6. The van der Waals surface area contributed by atoms with Gasteiger partial charge in [-0.15, -0.1) is 0 Å². The Morgan fingerprint density at radius 3 is 2.15 bits per heavy atom. The van der Waals surface area contributed by atoms with Crippen molar-refractivity contribution >= 4 is 16.9 Å². The van der Waals surface area contributed by atoms with Crippen LogP contribution in [-0.4, -0.2) is 39.1 Å². The molecule has 1 heterocycles. The third-order valence-corrected chi connectivity index (χ3v) is 7.23. The van der Waals surface area contributed by atoms with Crippen LogP contribution >= 0.6 is 0 Å². The molecule has 0 aliphatic carbocycles. The number of aromatic carboxylic acids is 1. The topological polar surface area (TPSA) is 91.9 Å². The van der Waals surface area contributed by atoms with Crippen molar-refractivity contribution < 1.29 is 29.2 Å². The number of hydrogen-bond donors (Lipinski definition) is 3. The van der Waals surface area contributed by atoms with E-state index in [9.17, 15) is 24.5 Å². The fraction of sp³-hybridized carbons (Fsp3) is 0.182. The van der Waals surface area contributed by atoms with Crippen molar-refractivity contribution in [3.8, 4) is 11.4 Å². The summed E-state index contributed by atoms with van der Waals surface area (Å²) in [5.74, 6) is -0.761. The third kappa shape index (κ3) is 5.21. The summed E-state index contributed by atoms with van der Waals surface area (Å²) in [5, 5.41) is 31.3. The van der Waals surface area contributed by atoms with Crippen LogP contribution in [0, 0.1) is 5.82 Å². The van der Waals surface area contributed by atoms with E-state index in [4.69, 9.17) is 4.74 Å². The lowest BCUT2D eigenvalue weighted by atomic mass is 9.84. The number of benzene rings is 4. The summed E-state index contributed by atoms with van der Waals surface area (Å²) in [5.41, 5.74) is 3.88. The smallest absolute Gasteiger partial charge is 0.335 e. The van der Waals surface area contributed by atoms with Crippen LogP contribution in [-0.2, 0) is 18.4 Å². The quantitative estimate of drug-likeness (QED) is 0.206. The van der Waals surface area contributed by atoms with Gasteiger partial charge in [0.1, 0.15) is 18.2 Å². The van der Waals surface area contributed by atoms with Crippen LogP contribution in [0.15, 0.2) is 97.1 Å². The molecule has 204 valence electrons. The van der Waals surface area contributed by atoms with E-state index in [0.717, 1.165) is 27.6 Å². The number of carboxylic acid groups (broad SMARTS) is 1. The van der Waals surface area contributed by atoms with E-state index >= 15 is 0 Å². The SMILES string of the molecule is CC(CO)(CO)c1c(Cc2ccc(C(=O)O)cc2)c2c(OCc3ccccc3)cccc2n1-c1ccc(F)cc1. The van der Waals surface area contributed by atoms with Gasteiger partial charge in [0.25, 0.3) is 0 Å². The number of rotatable bonds is 10. The van der Waals surface area contributed by atoms with E-state index in [-0.39, 0.29) is 24.6 Å². The van der Waals surface area contributed by atoms with Crippen molar-refractivity contribution in [1.29, 1.82) is 0 Å². The number of aromatic nitrogens is 1. The average molecular weight is 540 g/mol. The summed E-state index contributed by atoms with van der Waals surface area (Å²) in [6.45, 7) is 1.43. The predicted molar refractivity (Wildman–Crippen MR) is 152 cm³/mol. The fourth-order valence-corrected chi connectivity index (χ4v) is 5.07. The fourth-order valence-electron chi connectivity index (χ4n) is 5.07. The minimum Gasteiger partial charge on any atom is -0.488 e. The maximum absolute atomic E-state index is 13.9. The number of fused-ring (bicyclic) bond motifs is 1. The molecule has 0 aliphatic rings. The number of carboxylic acids is 1. The van der Waals surface area contributed by atoms with E-state index < -0.39 is 11.4 Å². The van der Waals surface area contributed by atoms with Gasteiger partial charge in [-0.25, -0.2) is 9.18 Å². The number of halogens is 1. The van der Waals surface area contributed by atoms with Gasteiger partial charge in [0.05, 0.1) is 29.7 Å². The highest BCUT2D eigenvalue weighted by atomic mass is 19.1. The number of hydrogen-bond acceptors (Lipinski definition) is 4. The summed E-state index contributed by atoms with van der Waals surface area (Å²) in [7, 11) is 0. The number of aliphatic hydroxyl groups excluding tert-OH is 2. The Hall–Kier alpha value is -4.46. The molecule has 0 saturated heterocycles. The molecule has 7 heteroatoms. The molecule has 0 fully saturated rings. The van der Waals surface area contributed by atoms with Crippen molar-refractivity contribution in [3.05, 3.63) is 131 Å². The molecule has 0 radical (unpaired) electrons. The Morgan fingerprint density at radius 2 is 1.52 bits per heavy atom.